The van der Waals surface area contributed by atoms with E-state index in [0.29, 0.717) is 31.0 Å². The first kappa shape index (κ1) is 25.3. The van der Waals surface area contributed by atoms with Crippen LogP contribution < -0.4 is 9.47 Å². The maximum Gasteiger partial charge on any atom is 0.223 e. The molecule has 4 rings (SSSR count). The van der Waals surface area contributed by atoms with Crippen molar-refractivity contribution in [1.29, 1.82) is 0 Å². The summed E-state index contributed by atoms with van der Waals surface area (Å²) in [5.74, 6) is 1.35. The van der Waals surface area contributed by atoms with Crippen molar-refractivity contribution in [3.05, 3.63) is 95.7 Å². The number of carbonyl (C=O) groups excluding carboxylic acids is 1. The van der Waals surface area contributed by atoms with E-state index in [1.54, 1.807) is 14.2 Å². The minimum absolute atomic E-state index is 0.109. The average molecular weight is 486 g/mol. The number of carbonyl (C=O) groups is 1. The van der Waals surface area contributed by atoms with Crippen LogP contribution in [0.2, 0.25) is 0 Å². The normalized spacial score (nSPS) is 12.0. The van der Waals surface area contributed by atoms with Gasteiger partial charge in [-0.2, -0.15) is 0 Å². The fourth-order valence-corrected chi connectivity index (χ4v) is 4.54. The van der Waals surface area contributed by atoms with Crippen LogP contribution in [0.1, 0.15) is 29.0 Å². The number of benzene rings is 3. The maximum absolute atomic E-state index is 13.9. The number of amides is 1. The lowest BCUT2D eigenvalue weighted by Crippen LogP contribution is -2.37. The van der Waals surface area contributed by atoms with Gasteiger partial charge in [0.15, 0.2) is 0 Å². The first-order valence-electron chi connectivity index (χ1n) is 12.2. The molecule has 4 aromatic rings. The highest BCUT2D eigenvalue weighted by Crippen LogP contribution is 2.37. The minimum atomic E-state index is -0.171. The van der Waals surface area contributed by atoms with Gasteiger partial charge in [0.1, 0.15) is 11.5 Å². The number of methoxy groups -OCH3 is 2. The molecule has 0 bridgehead atoms. The predicted molar refractivity (Wildman–Crippen MR) is 145 cm³/mol. The Kier molecular flexibility index (Phi) is 8.28. The van der Waals surface area contributed by atoms with Crippen LogP contribution >= 0.6 is 0 Å². The van der Waals surface area contributed by atoms with Gasteiger partial charge in [0.05, 0.1) is 14.2 Å². The van der Waals surface area contributed by atoms with E-state index in [-0.39, 0.29) is 11.8 Å². The molecular formula is C30H35N3O3. The van der Waals surface area contributed by atoms with Crippen molar-refractivity contribution in [2.75, 3.05) is 41.4 Å². The third-order valence-electron chi connectivity index (χ3n) is 6.54. The monoisotopic (exact) mass is 485 g/mol. The molecule has 36 heavy (non-hydrogen) atoms. The third kappa shape index (κ3) is 6.07. The van der Waals surface area contributed by atoms with Crippen molar-refractivity contribution < 1.29 is 14.3 Å². The summed E-state index contributed by atoms with van der Waals surface area (Å²) in [6.07, 6.45) is 2.36. The number of aromatic amines is 1. The molecule has 1 unspecified atom stereocenters. The lowest BCUT2D eigenvalue weighted by molar-refractivity contribution is -0.132. The number of nitrogens with zero attached hydrogens (tertiary/aromatic N) is 2. The molecule has 0 spiro atoms. The van der Waals surface area contributed by atoms with Gasteiger partial charge in [0, 0.05) is 55.1 Å². The Balaban J connectivity index is 1.72. The van der Waals surface area contributed by atoms with Crippen LogP contribution in [0.5, 0.6) is 11.5 Å². The standard InChI is InChI=1S/C30H35N3O3/c1-32(2)14-15-33(21-22-10-6-5-7-11-22)30(34)19-27(23-16-24(35-3)18-25(17-23)36-4)28-20-31-29-13-9-8-12-26(28)29/h5-13,16-18,20,27,31H,14-15,19,21H2,1-4H3. The second-order valence-electron chi connectivity index (χ2n) is 9.30. The molecular weight excluding hydrogens is 450 g/mol. The quantitative estimate of drug-likeness (QED) is 0.313. The maximum atomic E-state index is 13.9. The molecule has 3 aromatic carbocycles. The molecule has 0 radical (unpaired) electrons. The Labute approximate surface area is 213 Å². The van der Waals surface area contributed by atoms with Crippen LogP contribution in [0, 0.1) is 0 Å². The van der Waals surface area contributed by atoms with Crippen LogP contribution in [-0.2, 0) is 11.3 Å². The highest BCUT2D eigenvalue weighted by molar-refractivity contribution is 5.86. The fourth-order valence-electron chi connectivity index (χ4n) is 4.54. The predicted octanol–water partition coefficient (Wildman–Crippen LogP) is 5.30. The average Bonchev–Trinajstić information content (AvgIpc) is 3.33. The number of rotatable bonds is 11. The molecule has 0 saturated heterocycles. The number of para-hydroxylation sites is 1. The van der Waals surface area contributed by atoms with E-state index in [1.165, 1.54) is 0 Å². The van der Waals surface area contributed by atoms with Gasteiger partial charge in [0.25, 0.3) is 0 Å². The molecule has 1 aromatic heterocycles. The van der Waals surface area contributed by atoms with E-state index in [1.807, 2.05) is 73.7 Å². The van der Waals surface area contributed by atoms with E-state index in [0.717, 1.165) is 34.1 Å². The SMILES string of the molecule is COc1cc(OC)cc(C(CC(=O)N(CCN(C)C)Cc2ccccc2)c2c[nH]c3ccccc23)c1. The summed E-state index contributed by atoms with van der Waals surface area (Å²) >= 11 is 0. The summed E-state index contributed by atoms with van der Waals surface area (Å²) in [5.41, 5.74) is 4.24. The van der Waals surface area contributed by atoms with E-state index in [2.05, 4.69) is 34.1 Å². The fraction of sp³-hybridized carbons (Fsp3) is 0.300. The zero-order valence-electron chi connectivity index (χ0n) is 21.5. The van der Waals surface area contributed by atoms with Crippen LogP contribution in [0.3, 0.4) is 0 Å². The molecule has 0 fully saturated rings. The molecule has 0 aliphatic carbocycles. The van der Waals surface area contributed by atoms with Crippen molar-refractivity contribution in [2.45, 2.75) is 18.9 Å². The van der Waals surface area contributed by atoms with Gasteiger partial charge >= 0.3 is 0 Å². The highest BCUT2D eigenvalue weighted by Gasteiger charge is 2.26. The number of hydrogen-bond donors (Lipinski definition) is 1. The van der Waals surface area contributed by atoms with E-state index < -0.39 is 0 Å². The van der Waals surface area contributed by atoms with Crippen molar-refractivity contribution in [3.8, 4) is 11.5 Å². The Hall–Kier alpha value is -3.77. The number of likely N-dealkylation sites (N-methyl/N-ethyl adjacent to an activating group) is 1. The largest absolute Gasteiger partial charge is 0.497 e. The molecule has 0 aliphatic rings. The first-order chi connectivity index (χ1) is 17.5. The van der Waals surface area contributed by atoms with Gasteiger partial charge in [0.2, 0.25) is 5.91 Å². The van der Waals surface area contributed by atoms with Crippen molar-refractivity contribution in [1.82, 2.24) is 14.8 Å². The second kappa shape index (κ2) is 11.8. The number of nitrogens with one attached hydrogen (secondary N) is 1. The van der Waals surface area contributed by atoms with E-state index >= 15 is 0 Å². The zero-order valence-corrected chi connectivity index (χ0v) is 21.5. The van der Waals surface area contributed by atoms with Crippen molar-refractivity contribution >= 4 is 16.8 Å². The number of aromatic nitrogens is 1. The lowest BCUT2D eigenvalue weighted by atomic mass is 9.87. The molecule has 0 saturated carbocycles. The first-order valence-corrected chi connectivity index (χ1v) is 12.2. The molecule has 1 amide bonds. The summed E-state index contributed by atoms with van der Waals surface area (Å²) in [7, 11) is 7.35. The molecule has 6 nitrogen and oxygen atoms in total. The summed E-state index contributed by atoms with van der Waals surface area (Å²) in [6.45, 7) is 2.03. The van der Waals surface area contributed by atoms with Gasteiger partial charge in [-0.3, -0.25) is 4.79 Å². The smallest absolute Gasteiger partial charge is 0.223 e. The van der Waals surface area contributed by atoms with E-state index in [9.17, 15) is 4.79 Å². The number of hydrogen-bond acceptors (Lipinski definition) is 4. The summed E-state index contributed by atoms with van der Waals surface area (Å²) in [4.78, 5) is 21.4. The number of H-pyrrole nitrogens is 1. The second-order valence-corrected chi connectivity index (χ2v) is 9.30. The molecule has 1 atom stereocenters. The van der Waals surface area contributed by atoms with Gasteiger partial charge in [-0.25, -0.2) is 0 Å². The Morgan fingerprint density at radius 3 is 2.22 bits per heavy atom. The lowest BCUT2D eigenvalue weighted by Gasteiger charge is -2.27. The van der Waals surface area contributed by atoms with Crippen LogP contribution in [0.25, 0.3) is 10.9 Å². The van der Waals surface area contributed by atoms with Gasteiger partial charge in [-0.05, 0) is 49.0 Å². The third-order valence-corrected chi connectivity index (χ3v) is 6.54. The number of ether oxygens (including phenoxy) is 2. The van der Waals surface area contributed by atoms with E-state index in [4.69, 9.17) is 9.47 Å². The summed E-state index contributed by atoms with van der Waals surface area (Å²) in [6, 6.07) is 24.2. The molecule has 1 heterocycles. The topological polar surface area (TPSA) is 57.8 Å². The van der Waals surface area contributed by atoms with Gasteiger partial charge in [-0.15, -0.1) is 0 Å². The van der Waals surface area contributed by atoms with Crippen LogP contribution in [-0.4, -0.2) is 62.1 Å². The number of fused-ring (bicyclic) bond motifs is 1. The Morgan fingerprint density at radius 1 is 0.889 bits per heavy atom. The van der Waals surface area contributed by atoms with Crippen LogP contribution in [0.15, 0.2) is 79.0 Å². The van der Waals surface area contributed by atoms with Crippen LogP contribution in [0.4, 0.5) is 0 Å². The highest BCUT2D eigenvalue weighted by atomic mass is 16.5. The molecule has 188 valence electrons. The van der Waals surface area contributed by atoms with Gasteiger partial charge < -0.3 is 24.3 Å². The Morgan fingerprint density at radius 2 is 1.56 bits per heavy atom. The summed E-state index contributed by atoms with van der Waals surface area (Å²) in [5, 5.41) is 1.11. The van der Waals surface area contributed by atoms with Crippen molar-refractivity contribution in [2.24, 2.45) is 0 Å². The molecule has 0 aliphatic heterocycles. The van der Waals surface area contributed by atoms with Crippen molar-refractivity contribution in [3.63, 3.8) is 0 Å². The van der Waals surface area contributed by atoms with Gasteiger partial charge in [-0.1, -0.05) is 48.5 Å². The molecule has 6 heteroatoms. The zero-order chi connectivity index (χ0) is 25.5. The molecule has 1 N–H and O–H groups in total. The minimum Gasteiger partial charge on any atom is -0.497 e. The Bertz CT molecular complexity index is 1260. The summed E-state index contributed by atoms with van der Waals surface area (Å²) < 4.78 is 11.1.